The van der Waals surface area contributed by atoms with Crippen molar-refractivity contribution in [2.24, 2.45) is 17.1 Å². The Morgan fingerprint density at radius 2 is 2.00 bits per heavy atom. The van der Waals surface area contributed by atoms with Gasteiger partial charge in [0.2, 0.25) is 5.91 Å². The molecule has 21 heavy (non-hydrogen) atoms. The van der Waals surface area contributed by atoms with Crippen LogP contribution in [0, 0.1) is 11.3 Å². The molecule has 1 atom stereocenters. The molecule has 6 heteroatoms. The Kier molecular flexibility index (Phi) is 5.75. The van der Waals surface area contributed by atoms with Gasteiger partial charge in [0.25, 0.3) is 0 Å². The lowest BCUT2D eigenvalue weighted by Crippen LogP contribution is -2.32. The minimum atomic E-state index is -1.14. The highest BCUT2D eigenvalue weighted by Gasteiger charge is 2.24. The third-order valence-electron chi connectivity index (χ3n) is 2.98. The molecule has 0 aliphatic carbocycles. The quantitative estimate of drug-likeness (QED) is 0.779. The minimum Gasteiger partial charge on any atom is -0.478 e. The molecule has 116 valence electrons. The number of aromatic carboxylic acids is 1. The fourth-order valence-corrected chi connectivity index (χ4v) is 2.23. The van der Waals surface area contributed by atoms with Crippen LogP contribution in [0.1, 0.15) is 37.6 Å². The maximum absolute atomic E-state index is 12.2. The minimum absolute atomic E-state index is 0.0202. The van der Waals surface area contributed by atoms with Crippen LogP contribution in [0.5, 0.6) is 0 Å². The Morgan fingerprint density at radius 3 is 2.48 bits per heavy atom. The number of carboxylic acid groups (broad SMARTS) is 1. The van der Waals surface area contributed by atoms with Gasteiger partial charge in [0.15, 0.2) is 0 Å². The predicted molar refractivity (Wildman–Crippen MR) is 83.7 cm³/mol. The fraction of sp³-hybridized carbons (Fsp3) is 0.467. The van der Waals surface area contributed by atoms with Gasteiger partial charge in [0.1, 0.15) is 0 Å². The van der Waals surface area contributed by atoms with Gasteiger partial charge in [-0.15, -0.1) is 0 Å². The largest absolute Gasteiger partial charge is 0.478 e. The molecular weight excluding hydrogens is 292 g/mol. The molecule has 1 aromatic carbocycles. The number of halogens is 1. The maximum Gasteiger partial charge on any atom is 0.337 e. The summed E-state index contributed by atoms with van der Waals surface area (Å²) in [6, 6.07) is 4.35. The Labute approximate surface area is 129 Å². The van der Waals surface area contributed by atoms with Crippen LogP contribution in [0.4, 0.5) is 5.69 Å². The van der Waals surface area contributed by atoms with Crippen LogP contribution in [0.15, 0.2) is 18.2 Å². The number of nitrogens with one attached hydrogen (secondary N) is 1. The molecule has 1 unspecified atom stereocenters. The first kappa shape index (κ1) is 17.5. The molecule has 0 saturated carbocycles. The second-order valence-electron chi connectivity index (χ2n) is 6.19. The number of nitrogens with two attached hydrogens (primary N) is 1. The molecule has 0 aromatic heterocycles. The van der Waals surface area contributed by atoms with E-state index in [-0.39, 0.29) is 34.4 Å². The van der Waals surface area contributed by atoms with E-state index in [4.69, 9.17) is 22.4 Å². The summed E-state index contributed by atoms with van der Waals surface area (Å²) in [5.74, 6) is -1.68. The van der Waals surface area contributed by atoms with E-state index >= 15 is 0 Å². The molecule has 0 radical (unpaired) electrons. The number of carbonyl (C=O) groups is 2. The van der Waals surface area contributed by atoms with E-state index in [2.05, 4.69) is 5.32 Å². The molecule has 1 amide bonds. The molecule has 1 aromatic rings. The van der Waals surface area contributed by atoms with Gasteiger partial charge >= 0.3 is 5.97 Å². The van der Waals surface area contributed by atoms with Gasteiger partial charge in [0, 0.05) is 12.2 Å². The van der Waals surface area contributed by atoms with Gasteiger partial charge < -0.3 is 16.2 Å². The van der Waals surface area contributed by atoms with Crippen molar-refractivity contribution in [2.75, 3.05) is 11.9 Å². The van der Waals surface area contributed by atoms with E-state index < -0.39 is 5.97 Å². The SMILES string of the molecule is CC(C)(C)CC(CN)C(=O)Nc1ccc(Cl)c(C(=O)O)c1. The summed E-state index contributed by atoms with van der Waals surface area (Å²) in [7, 11) is 0. The number of hydrogen-bond donors (Lipinski definition) is 3. The summed E-state index contributed by atoms with van der Waals surface area (Å²) >= 11 is 5.79. The Bertz CT molecular complexity index is 538. The number of hydrogen-bond acceptors (Lipinski definition) is 3. The van der Waals surface area contributed by atoms with E-state index in [0.29, 0.717) is 12.1 Å². The highest BCUT2D eigenvalue weighted by Crippen LogP contribution is 2.26. The van der Waals surface area contributed by atoms with E-state index in [9.17, 15) is 9.59 Å². The summed E-state index contributed by atoms with van der Waals surface area (Å²) in [6.45, 7) is 6.35. The first-order valence-electron chi connectivity index (χ1n) is 6.68. The van der Waals surface area contributed by atoms with Crippen LogP contribution < -0.4 is 11.1 Å². The second-order valence-corrected chi connectivity index (χ2v) is 6.59. The lowest BCUT2D eigenvalue weighted by atomic mass is 9.84. The number of rotatable bonds is 5. The van der Waals surface area contributed by atoms with Crippen molar-refractivity contribution in [1.29, 1.82) is 0 Å². The molecule has 4 N–H and O–H groups in total. The average molecular weight is 313 g/mol. The third kappa shape index (κ3) is 5.36. The molecule has 0 spiro atoms. The molecule has 0 aliphatic heterocycles. The summed E-state index contributed by atoms with van der Waals surface area (Å²) < 4.78 is 0. The molecule has 1 rings (SSSR count). The van der Waals surface area contributed by atoms with E-state index in [1.54, 1.807) is 6.07 Å². The molecule has 0 fully saturated rings. The normalized spacial score (nSPS) is 12.8. The lowest BCUT2D eigenvalue weighted by Gasteiger charge is -2.24. The fourth-order valence-electron chi connectivity index (χ4n) is 2.03. The van der Waals surface area contributed by atoms with Crippen molar-refractivity contribution in [2.45, 2.75) is 27.2 Å². The zero-order valence-corrected chi connectivity index (χ0v) is 13.2. The van der Waals surface area contributed by atoms with Gasteiger partial charge in [-0.3, -0.25) is 4.79 Å². The molecule has 0 aliphatic rings. The molecule has 0 heterocycles. The zero-order chi connectivity index (χ0) is 16.2. The zero-order valence-electron chi connectivity index (χ0n) is 12.4. The lowest BCUT2D eigenvalue weighted by molar-refractivity contribution is -0.120. The first-order valence-corrected chi connectivity index (χ1v) is 7.05. The van der Waals surface area contributed by atoms with E-state index in [1.165, 1.54) is 12.1 Å². The van der Waals surface area contributed by atoms with Crippen LogP contribution in [-0.2, 0) is 4.79 Å². The average Bonchev–Trinajstić information content (AvgIpc) is 2.36. The van der Waals surface area contributed by atoms with Crippen molar-refractivity contribution in [3.8, 4) is 0 Å². The van der Waals surface area contributed by atoms with Crippen LogP contribution in [0.25, 0.3) is 0 Å². The summed E-state index contributed by atoms with van der Waals surface area (Å²) in [6.07, 6.45) is 0.648. The second kappa shape index (κ2) is 6.91. The standard InChI is InChI=1S/C15H21ClN2O3/c1-15(2,3)7-9(8-17)13(19)18-10-4-5-12(16)11(6-10)14(20)21/h4-6,9H,7-8,17H2,1-3H3,(H,18,19)(H,20,21). The predicted octanol–water partition coefficient (Wildman–Crippen LogP) is 2.99. The van der Waals surface area contributed by atoms with Crippen molar-refractivity contribution < 1.29 is 14.7 Å². The van der Waals surface area contributed by atoms with Gasteiger partial charge in [-0.2, -0.15) is 0 Å². The smallest absolute Gasteiger partial charge is 0.337 e. The van der Waals surface area contributed by atoms with Gasteiger partial charge in [0.05, 0.1) is 16.5 Å². The number of carboxylic acids is 1. The molecule has 0 saturated heterocycles. The Morgan fingerprint density at radius 1 is 1.38 bits per heavy atom. The van der Waals surface area contributed by atoms with Crippen molar-refractivity contribution >= 4 is 29.2 Å². The van der Waals surface area contributed by atoms with Gasteiger partial charge in [-0.25, -0.2) is 4.79 Å². The summed E-state index contributed by atoms with van der Waals surface area (Å²) in [5, 5.41) is 11.8. The van der Waals surface area contributed by atoms with Gasteiger partial charge in [-0.1, -0.05) is 32.4 Å². The van der Waals surface area contributed by atoms with Gasteiger partial charge in [-0.05, 0) is 30.0 Å². The van der Waals surface area contributed by atoms with Crippen LogP contribution >= 0.6 is 11.6 Å². The molecule has 5 nitrogen and oxygen atoms in total. The first-order chi connectivity index (χ1) is 9.64. The van der Waals surface area contributed by atoms with Crippen molar-refractivity contribution in [3.63, 3.8) is 0 Å². The van der Waals surface area contributed by atoms with E-state index in [1.807, 2.05) is 20.8 Å². The van der Waals surface area contributed by atoms with Crippen LogP contribution in [0.2, 0.25) is 5.02 Å². The third-order valence-corrected chi connectivity index (χ3v) is 3.31. The van der Waals surface area contributed by atoms with Crippen molar-refractivity contribution in [3.05, 3.63) is 28.8 Å². The Hall–Kier alpha value is -1.59. The molecule has 0 bridgehead atoms. The summed E-state index contributed by atoms with van der Waals surface area (Å²) in [5.41, 5.74) is 5.99. The number of carbonyl (C=O) groups excluding carboxylic acids is 1. The number of benzene rings is 1. The topological polar surface area (TPSA) is 92.4 Å². The summed E-state index contributed by atoms with van der Waals surface area (Å²) in [4.78, 5) is 23.2. The van der Waals surface area contributed by atoms with Crippen LogP contribution in [0.3, 0.4) is 0 Å². The molecular formula is C15H21ClN2O3. The number of amides is 1. The highest BCUT2D eigenvalue weighted by molar-refractivity contribution is 6.33. The number of anilines is 1. The maximum atomic E-state index is 12.2. The highest BCUT2D eigenvalue weighted by atomic mass is 35.5. The van der Waals surface area contributed by atoms with Crippen molar-refractivity contribution in [1.82, 2.24) is 0 Å². The Balaban J connectivity index is 2.87. The van der Waals surface area contributed by atoms with E-state index in [0.717, 1.165) is 0 Å². The monoisotopic (exact) mass is 312 g/mol. The van der Waals surface area contributed by atoms with Crippen LogP contribution in [-0.4, -0.2) is 23.5 Å².